The van der Waals surface area contributed by atoms with Gasteiger partial charge in [-0.2, -0.15) is 0 Å². The molecule has 2 heteroatoms. The highest BCUT2D eigenvalue weighted by molar-refractivity contribution is 5.32. The maximum Gasteiger partial charge on any atom is 0.0684 e. The van der Waals surface area contributed by atoms with Crippen LogP contribution >= 0.6 is 0 Å². The normalized spacial score (nSPS) is 12.9. The largest absolute Gasteiger partial charge is 0.396 e. The summed E-state index contributed by atoms with van der Waals surface area (Å²) in [5.74, 6) is 0.353. The lowest BCUT2D eigenvalue weighted by atomic mass is 9.95. The maximum atomic E-state index is 9.11. The number of aliphatic hydroxyl groups is 2. The van der Waals surface area contributed by atoms with Gasteiger partial charge in [-0.15, -0.1) is 0 Å². The zero-order valence-corrected chi connectivity index (χ0v) is 8.83. The van der Waals surface area contributed by atoms with Gasteiger partial charge in [-0.25, -0.2) is 0 Å². The van der Waals surface area contributed by atoms with E-state index in [9.17, 15) is 0 Å². The molecule has 1 aromatic carbocycles. The summed E-state index contributed by atoms with van der Waals surface area (Å²) in [6.45, 7) is 4.38. The van der Waals surface area contributed by atoms with Crippen molar-refractivity contribution in [3.8, 4) is 0 Å². The molecule has 0 aliphatic rings. The molecule has 0 heterocycles. The van der Waals surface area contributed by atoms with Crippen LogP contribution in [0.4, 0.5) is 0 Å². The second-order valence-electron chi connectivity index (χ2n) is 3.76. The van der Waals surface area contributed by atoms with Gasteiger partial charge in [0.15, 0.2) is 0 Å². The van der Waals surface area contributed by atoms with Crippen molar-refractivity contribution in [1.29, 1.82) is 0 Å². The van der Waals surface area contributed by atoms with E-state index in [2.05, 4.69) is 13.0 Å². The summed E-state index contributed by atoms with van der Waals surface area (Å²) >= 11 is 0. The quantitative estimate of drug-likeness (QED) is 0.769. The fourth-order valence-electron chi connectivity index (χ4n) is 1.53. The van der Waals surface area contributed by atoms with Gasteiger partial charge in [-0.1, -0.05) is 25.1 Å². The lowest BCUT2D eigenvalue weighted by Gasteiger charge is -2.12. The van der Waals surface area contributed by atoms with Gasteiger partial charge in [0.2, 0.25) is 0 Å². The first kappa shape index (κ1) is 11.2. The first-order valence-electron chi connectivity index (χ1n) is 5.00. The number of aryl methyl sites for hydroxylation is 1. The molecule has 1 aromatic rings. The third-order valence-corrected chi connectivity index (χ3v) is 2.67. The van der Waals surface area contributed by atoms with Crippen molar-refractivity contribution in [3.63, 3.8) is 0 Å². The Kier molecular flexibility index (Phi) is 4.11. The third-order valence-electron chi connectivity index (χ3n) is 2.67. The minimum atomic E-state index is 0.0888. The smallest absolute Gasteiger partial charge is 0.0684 e. The molecule has 2 N–H and O–H groups in total. The molecule has 0 bridgehead atoms. The van der Waals surface area contributed by atoms with Gasteiger partial charge < -0.3 is 10.2 Å². The van der Waals surface area contributed by atoms with Crippen LogP contribution < -0.4 is 0 Å². The summed E-state index contributed by atoms with van der Waals surface area (Å²) in [7, 11) is 0. The summed E-state index contributed by atoms with van der Waals surface area (Å²) in [5.41, 5.74) is 3.29. The fraction of sp³-hybridized carbons (Fsp3) is 0.500. The highest BCUT2D eigenvalue weighted by Crippen LogP contribution is 2.21. The molecule has 0 aromatic heterocycles. The second-order valence-corrected chi connectivity index (χ2v) is 3.76. The Bertz CT molecular complexity index is 294. The Labute approximate surface area is 85.2 Å². The summed E-state index contributed by atoms with van der Waals surface area (Å²) in [6.07, 6.45) is 0.772. The highest BCUT2D eigenvalue weighted by Gasteiger charge is 2.06. The number of aliphatic hydroxyl groups excluding tert-OH is 2. The molecule has 0 saturated carbocycles. The molecule has 0 amide bonds. The number of benzene rings is 1. The predicted octanol–water partition coefficient (Wildman–Crippen LogP) is 1.97. The van der Waals surface area contributed by atoms with Crippen LogP contribution in [-0.4, -0.2) is 16.8 Å². The lowest BCUT2D eigenvalue weighted by Crippen LogP contribution is -1.99. The molecule has 14 heavy (non-hydrogen) atoms. The van der Waals surface area contributed by atoms with Crippen molar-refractivity contribution in [1.82, 2.24) is 0 Å². The van der Waals surface area contributed by atoms with Crippen molar-refractivity contribution in [2.45, 2.75) is 32.8 Å². The first-order valence-corrected chi connectivity index (χ1v) is 5.00. The Morgan fingerprint density at radius 1 is 1.29 bits per heavy atom. The van der Waals surface area contributed by atoms with Crippen molar-refractivity contribution >= 4 is 0 Å². The van der Waals surface area contributed by atoms with Crippen LogP contribution in [0.15, 0.2) is 18.2 Å². The van der Waals surface area contributed by atoms with Gasteiger partial charge in [-0.05, 0) is 36.0 Å². The molecule has 1 atom stereocenters. The van der Waals surface area contributed by atoms with Crippen molar-refractivity contribution < 1.29 is 10.2 Å². The average Bonchev–Trinajstić information content (AvgIpc) is 2.19. The first-order chi connectivity index (χ1) is 6.69. The van der Waals surface area contributed by atoms with Crippen LogP contribution in [0.2, 0.25) is 0 Å². The van der Waals surface area contributed by atoms with Crippen molar-refractivity contribution in [2.75, 3.05) is 6.61 Å². The summed E-state index contributed by atoms with van der Waals surface area (Å²) in [6, 6.07) is 6.11. The molecule has 0 fully saturated rings. The van der Waals surface area contributed by atoms with E-state index < -0.39 is 0 Å². The van der Waals surface area contributed by atoms with Crippen molar-refractivity contribution in [3.05, 3.63) is 34.9 Å². The van der Waals surface area contributed by atoms with Gasteiger partial charge in [0.1, 0.15) is 0 Å². The number of hydrogen-bond donors (Lipinski definition) is 2. The SMILES string of the molecule is Cc1ccc(C(C)CCO)cc1CO. The summed E-state index contributed by atoms with van der Waals surface area (Å²) in [4.78, 5) is 0. The molecule has 78 valence electrons. The molecule has 2 nitrogen and oxygen atoms in total. The van der Waals surface area contributed by atoms with Crippen LogP contribution in [0, 0.1) is 6.92 Å². The molecule has 1 rings (SSSR count). The van der Waals surface area contributed by atoms with Crippen LogP contribution in [0.25, 0.3) is 0 Å². The third kappa shape index (κ3) is 2.56. The topological polar surface area (TPSA) is 40.5 Å². The van der Waals surface area contributed by atoms with Crippen LogP contribution in [0.3, 0.4) is 0 Å². The zero-order chi connectivity index (χ0) is 10.6. The summed E-state index contributed by atoms with van der Waals surface area (Å²) < 4.78 is 0. The Morgan fingerprint density at radius 2 is 2.00 bits per heavy atom. The number of hydrogen-bond acceptors (Lipinski definition) is 2. The van der Waals surface area contributed by atoms with Gasteiger partial charge in [0.05, 0.1) is 6.61 Å². The van der Waals surface area contributed by atoms with Gasteiger partial charge in [0.25, 0.3) is 0 Å². The van der Waals surface area contributed by atoms with E-state index in [0.717, 1.165) is 17.5 Å². The summed E-state index contributed by atoms with van der Waals surface area (Å²) in [5, 5.41) is 17.9. The van der Waals surface area contributed by atoms with Crippen molar-refractivity contribution in [2.24, 2.45) is 0 Å². The van der Waals surface area contributed by atoms with E-state index in [-0.39, 0.29) is 13.2 Å². The van der Waals surface area contributed by atoms with Crippen LogP contribution in [0.5, 0.6) is 0 Å². The Morgan fingerprint density at radius 3 is 2.57 bits per heavy atom. The number of rotatable bonds is 4. The molecule has 0 aliphatic carbocycles. The minimum absolute atomic E-state index is 0.0888. The monoisotopic (exact) mass is 194 g/mol. The van der Waals surface area contributed by atoms with E-state index in [4.69, 9.17) is 10.2 Å². The fourth-order valence-corrected chi connectivity index (χ4v) is 1.53. The van der Waals surface area contributed by atoms with Gasteiger partial charge in [-0.3, -0.25) is 0 Å². The Balaban J connectivity index is 2.88. The molecule has 1 unspecified atom stereocenters. The van der Waals surface area contributed by atoms with E-state index >= 15 is 0 Å². The minimum Gasteiger partial charge on any atom is -0.396 e. The molecular weight excluding hydrogens is 176 g/mol. The molecule has 0 aliphatic heterocycles. The van der Waals surface area contributed by atoms with E-state index in [1.54, 1.807) is 0 Å². The highest BCUT2D eigenvalue weighted by atomic mass is 16.3. The van der Waals surface area contributed by atoms with E-state index in [1.807, 2.05) is 19.1 Å². The van der Waals surface area contributed by atoms with Gasteiger partial charge in [0, 0.05) is 6.61 Å². The molecule has 0 radical (unpaired) electrons. The second kappa shape index (κ2) is 5.13. The Hall–Kier alpha value is -0.860. The van der Waals surface area contributed by atoms with Crippen LogP contribution in [-0.2, 0) is 6.61 Å². The van der Waals surface area contributed by atoms with Gasteiger partial charge >= 0.3 is 0 Å². The maximum absolute atomic E-state index is 9.11. The van der Waals surface area contributed by atoms with Crippen LogP contribution in [0.1, 0.15) is 36.0 Å². The predicted molar refractivity (Wildman–Crippen MR) is 57.2 cm³/mol. The lowest BCUT2D eigenvalue weighted by molar-refractivity contribution is 0.277. The molecular formula is C12H18O2. The standard InChI is InChI=1S/C12H18O2/c1-9-3-4-11(7-12(9)8-14)10(2)5-6-13/h3-4,7,10,13-14H,5-6,8H2,1-2H3. The van der Waals surface area contributed by atoms with E-state index in [1.165, 1.54) is 5.56 Å². The average molecular weight is 194 g/mol. The molecule has 0 saturated heterocycles. The molecule has 0 spiro atoms. The van der Waals surface area contributed by atoms with E-state index in [0.29, 0.717) is 5.92 Å². The zero-order valence-electron chi connectivity index (χ0n) is 8.83.